The van der Waals surface area contributed by atoms with Crippen molar-refractivity contribution in [2.45, 2.75) is 30.7 Å². The Balaban J connectivity index is 1.54. The van der Waals surface area contributed by atoms with Crippen molar-refractivity contribution in [2.75, 3.05) is 29.4 Å². The number of aromatic nitrogens is 2. The Hall–Kier alpha value is -2.39. The van der Waals surface area contributed by atoms with E-state index < -0.39 is 10.0 Å². The third-order valence-electron chi connectivity index (χ3n) is 4.78. The van der Waals surface area contributed by atoms with Gasteiger partial charge in [0.25, 0.3) is 10.0 Å². The van der Waals surface area contributed by atoms with Crippen molar-refractivity contribution in [3.05, 3.63) is 36.2 Å². The van der Waals surface area contributed by atoms with E-state index in [2.05, 4.69) is 9.82 Å². The average Bonchev–Trinajstić information content (AvgIpc) is 3.33. The number of anilines is 2. The third kappa shape index (κ3) is 3.08. The van der Waals surface area contributed by atoms with Crippen molar-refractivity contribution >= 4 is 27.3 Å². The quantitative estimate of drug-likeness (QED) is 0.874. The van der Waals surface area contributed by atoms with Gasteiger partial charge in [-0.2, -0.15) is 5.10 Å². The first kappa shape index (κ1) is 17.0. The normalized spacial score (nSPS) is 19.6. The maximum atomic E-state index is 12.6. The predicted octanol–water partition coefficient (Wildman–Crippen LogP) is 1.55. The van der Waals surface area contributed by atoms with Crippen LogP contribution in [0.25, 0.3) is 0 Å². The molecule has 0 saturated carbocycles. The highest BCUT2D eigenvalue weighted by Crippen LogP contribution is 2.31. The van der Waals surface area contributed by atoms with Gasteiger partial charge in [-0.3, -0.25) is 14.2 Å². The third-order valence-corrected chi connectivity index (χ3v) is 6.11. The molecule has 1 atom stereocenters. The molecule has 0 aliphatic carbocycles. The zero-order valence-electron chi connectivity index (χ0n) is 14.4. The summed E-state index contributed by atoms with van der Waals surface area (Å²) in [5.74, 6) is -0.0135. The second-order valence-electron chi connectivity index (χ2n) is 6.54. The second kappa shape index (κ2) is 6.40. The largest absolute Gasteiger partial charge is 0.379 e. The van der Waals surface area contributed by atoms with E-state index in [1.807, 2.05) is 0 Å². The zero-order chi connectivity index (χ0) is 18.3. The van der Waals surface area contributed by atoms with Gasteiger partial charge in [-0.1, -0.05) is 0 Å². The van der Waals surface area contributed by atoms with Crippen LogP contribution in [0.4, 0.5) is 11.4 Å². The number of nitrogens with zero attached hydrogens (tertiary/aromatic N) is 3. The van der Waals surface area contributed by atoms with Crippen LogP contribution in [-0.2, 0) is 26.0 Å². The van der Waals surface area contributed by atoms with Crippen molar-refractivity contribution in [3.63, 3.8) is 0 Å². The lowest BCUT2D eigenvalue weighted by Gasteiger charge is -2.15. The lowest BCUT2D eigenvalue weighted by molar-refractivity contribution is -0.116. The van der Waals surface area contributed by atoms with Crippen molar-refractivity contribution in [3.8, 4) is 0 Å². The van der Waals surface area contributed by atoms with Gasteiger partial charge in [0.15, 0.2) is 0 Å². The number of amides is 1. The Morgan fingerprint density at radius 1 is 1.38 bits per heavy atom. The van der Waals surface area contributed by atoms with Crippen LogP contribution in [0, 0.1) is 0 Å². The van der Waals surface area contributed by atoms with Gasteiger partial charge in [0.2, 0.25) is 5.91 Å². The Morgan fingerprint density at radius 2 is 2.23 bits per heavy atom. The molecule has 1 amide bonds. The number of rotatable bonds is 4. The van der Waals surface area contributed by atoms with E-state index in [9.17, 15) is 13.2 Å². The van der Waals surface area contributed by atoms with E-state index in [0.29, 0.717) is 31.9 Å². The van der Waals surface area contributed by atoms with Crippen LogP contribution in [0.5, 0.6) is 0 Å². The summed E-state index contributed by atoms with van der Waals surface area (Å²) in [5.41, 5.74) is 2.28. The molecule has 2 aliphatic heterocycles. The molecular formula is C17H20N4O4S. The van der Waals surface area contributed by atoms with E-state index in [1.54, 1.807) is 27.8 Å². The van der Waals surface area contributed by atoms with Crippen molar-refractivity contribution in [1.82, 2.24) is 9.78 Å². The molecule has 9 heteroatoms. The summed E-state index contributed by atoms with van der Waals surface area (Å²) in [6, 6.07) is 5.32. The van der Waals surface area contributed by atoms with Crippen LogP contribution < -0.4 is 9.62 Å². The Bertz CT molecular complexity index is 947. The number of benzene rings is 1. The van der Waals surface area contributed by atoms with Crippen LogP contribution in [0.15, 0.2) is 35.5 Å². The Morgan fingerprint density at radius 3 is 2.96 bits per heavy atom. The summed E-state index contributed by atoms with van der Waals surface area (Å²) in [7, 11) is -3.72. The molecule has 1 saturated heterocycles. The molecule has 3 heterocycles. The Labute approximate surface area is 151 Å². The number of carbonyl (C=O) groups is 1. The molecule has 1 aromatic carbocycles. The average molecular weight is 376 g/mol. The summed E-state index contributed by atoms with van der Waals surface area (Å²) in [5, 5.41) is 4.17. The fourth-order valence-corrected chi connectivity index (χ4v) is 4.38. The molecule has 2 aromatic rings. The molecule has 2 aliphatic rings. The molecule has 4 rings (SSSR count). The molecule has 138 valence electrons. The molecule has 26 heavy (non-hydrogen) atoms. The van der Waals surface area contributed by atoms with Crippen LogP contribution in [0.2, 0.25) is 0 Å². The monoisotopic (exact) mass is 376 g/mol. The molecule has 1 unspecified atom stereocenters. The van der Waals surface area contributed by atoms with Gasteiger partial charge >= 0.3 is 0 Å². The number of sulfonamides is 1. The van der Waals surface area contributed by atoms with Crippen LogP contribution in [0.1, 0.15) is 24.9 Å². The highest BCUT2D eigenvalue weighted by atomic mass is 32.2. The Kier molecular flexibility index (Phi) is 4.20. The minimum atomic E-state index is -3.72. The maximum Gasteiger partial charge on any atom is 0.265 e. The van der Waals surface area contributed by atoms with Crippen molar-refractivity contribution in [2.24, 2.45) is 0 Å². The molecule has 0 bridgehead atoms. The number of hydrogen-bond acceptors (Lipinski definition) is 5. The van der Waals surface area contributed by atoms with Gasteiger partial charge in [0.1, 0.15) is 4.90 Å². The van der Waals surface area contributed by atoms with Gasteiger partial charge in [-0.05, 0) is 36.6 Å². The number of ether oxygens (including phenoxy) is 1. The van der Waals surface area contributed by atoms with Crippen LogP contribution in [-0.4, -0.2) is 43.9 Å². The minimum Gasteiger partial charge on any atom is -0.379 e. The molecule has 1 N–H and O–H groups in total. The van der Waals surface area contributed by atoms with Crippen LogP contribution >= 0.6 is 0 Å². The molecule has 1 aromatic heterocycles. The fraction of sp³-hybridized carbons (Fsp3) is 0.412. The predicted molar refractivity (Wildman–Crippen MR) is 95.7 cm³/mol. The first-order valence-corrected chi connectivity index (χ1v) is 9.98. The summed E-state index contributed by atoms with van der Waals surface area (Å²) in [6.45, 7) is 3.36. The zero-order valence-corrected chi connectivity index (χ0v) is 15.2. The van der Waals surface area contributed by atoms with Gasteiger partial charge in [-0.25, -0.2) is 8.42 Å². The highest BCUT2D eigenvalue weighted by molar-refractivity contribution is 7.92. The first-order chi connectivity index (χ1) is 12.4. The van der Waals surface area contributed by atoms with E-state index in [-0.39, 0.29) is 16.8 Å². The van der Waals surface area contributed by atoms with Gasteiger partial charge in [0, 0.05) is 37.6 Å². The molecule has 8 nitrogen and oxygen atoms in total. The topological polar surface area (TPSA) is 93.5 Å². The lowest BCUT2D eigenvalue weighted by Crippen LogP contribution is -2.25. The smallest absolute Gasteiger partial charge is 0.265 e. The number of hydrogen-bond donors (Lipinski definition) is 1. The SMILES string of the molecule is CC(=O)N1CCc2cc(NS(=O)(=O)c3cnn(C4CCOC4)c3)ccc21. The highest BCUT2D eigenvalue weighted by Gasteiger charge is 2.25. The van der Waals surface area contributed by atoms with E-state index in [4.69, 9.17) is 4.74 Å². The van der Waals surface area contributed by atoms with Crippen molar-refractivity contribution < 1.29 is 17.9 Å². The molecule has 1 fully saturated rings. The first-order valence-electron chi connectivity index (χ1n) is 8.50. The molecular weight excluding hydrogens is 356 g/mol. The summed E-state index contributed by atoms with van der Waals surface area (Å²) < 4.78 is 34.8. The van der Waals surface area contributed by atoms with Gasteiger partial charge in [-0.15, -0.1) is 0 Å². The molecule has 0 radical (unpaired) electrons. The van der Waals surface area contributed by atoms with Crippen LogP contribution in [0.3, 0.4) is 0 Å². The number of carbonyl (C=O) groups excluding carboxylic acids is 1. The van der Waals surface area contributed by atoms with Gasteiger partial charge in [0.05, 0.1) is 18.8 Å². The summed E-state index contributed by atoms with van der Waals surface area (Å²) in [4.78, 5) is 13.4. The van der Waals surface area contributed by atoms with E-state index in [0.717, 1.165) is 17.7 Å². The number of nitrogens with one attached hydrogen (secondary N) is 1. The number of fused-ring (bicyclic) bond motifs is 1. The molecule has 0 spiro atoms. The lowest BCUT2D eigenvalue weighted by atomic mass is 10.1. The maximum absolute atomic E-state index is 12.6. The summed E-state index contributed by atoms with van der Waals surface area (Å²) >= 11 is 0. The van der Waals surface area contributed by atoms with E-state index in [1.165, 1.54) is 19.3 Å². The minimum absolute atomic E-state index is 0.0135. The van der Waals surface area contributed by atoms with Crippen molar-refractivity contribution in [1.29, 1.82) is 0 Å². The van der Waals surface area contributed by atoms with Gasteiger partial charge < -0.3 is 9.64 Å². The second-order valence-corrected chi connectivity index (χ2v) is 8.23. The standard InChI is InChI=1S/C17H20N4O4S/c1-12(22)20-6-4-13-8-14(2-3-17(13)20)19-26(23,24)16-9-18-21(10-16)15-5-7-25-11-15/h2-3,8-10,15,19H,4-7,11H2,1H3. The van der Waals surface area contributed by atoms with E-state index >= 15 is 0 Å². The summed E-state index contributed by atoms with van der Waals surface area (Å²) in [6.07, 6.45) is 4.42. The fourth-order valence-electron chi connectivity index (χ4n) is 3.40.